The van der Waals surface area contributed by atoms with Gasteiger partial charge in [-0.1, -0.05) is 41.7 Å². The van der Waals surface area contributed by atoms with Gasteiger partial charge in [-0.15, -0.1) is 0 Å². The van der Waals surface area contributed by atoms with Crippen LogP contribution >= 0.6 is 11.3 Å². The van der Waals surface area contributed by atoms with E-state index in [1.807, 2.05) is 60.9 Å². The summed E-state index contributed by atoms with van der Waals surface area (Å²) in [4.78, 5) is 42.9. The van der Waals surface area contributed by atoms with Crippen LogP contribution in [-0.4, -0.2) is 33.3 Å². The predicted molar refractivity (Wildman–Crippen MR) is 144 cm³/mol. The zero-order valence-electron chi connectivity index (χ0n) is 21.3. The maximum Gasteiger partial charge on any atom is 0.338 e. The minimum Gasteiger partial charge on any atom is -0.478 e. The molecule has 3 heterocycles. The average Bonchev–Trinajstić information content (AvgIpc) is 3.37. The number of carbonyl (C=O) groups excluding carboxylic acids is 1. The number of nitrogens with zero attached hydrogens (tertiary/aromatic N) is 3. The molecule has 9 heteroatoms. The summed E-state index contributed by atoms with van der Waals surface area (Å²) < 4.78 is 9.12. The SMILES string of the molecule is COC(=O)C1=C(C)N=c2sc(=Cc3cc(C)n(-c4ccc(C(=O)O)cc4)c3C)c(=O)n2C1c1ccccc1. The number of allylic oxidation sites excluding steroid dienone is 1. The molecule has 0 spiro atoms. The van der Waals surface area contributed by atoms with E-state index in [0.29, 0.717) is 20.6 Å². The van der Waals surface area contributed by atoms with Crippen molar-refractivity contribution in [2.45, 2.75) is 26.8 Å². The number of hydrogen-bond donors (Lipinski definition) is 1. The number of fused-ring (bicyclic) bond motifs is 1. The maximum atomic E-state index is 13.8. The Morgan fingerprint density at radius 1 is 1.05 bits per heavy atom. The fraction of sp³-hybridized carbons (Fsp3) is 0.172. The molecule has 2 aromatic heterocycles. The summed E-state index contributed by atoms with van der Waals surface area (Å²) in [7, 11) is 1.32. The molecular formula is C29H25N3O5S. The van der Waals surface area contributed by atoms with E-state index in [9.17, 15) is 19.5 Å². The van der Waals surface area contributed by atoms with E-state index in [1.165, 1.54) is 18.4 Å². The lowest BCUT2D eigenvalue weighted by Crippen LogP contribution is -2.39. The summed E-state index contributed by atoms with van der Waals surface area (Å²) in [5, 5.41) is 9.21. The van der Waals surface area contributed by atoms with E-state index < -0.39 is 18.0 Å². The highest BCUT2D eigenvalue weighted by Gasteiger charge is 2.33. The van der Waals surface area contributed by atoms with Crippen LogP contribution in [0.1, 0.15) is 45.8 Å². The van der Waals surface area contributed by atoms with Crippen LogP contribution in [0.15, 0.2) is 81.7 Å². The van der Waals surface area contributed by atoms with Crippen molar-refractivity contribution in [2.75, 3.05) is 7.11 Å². The molecule has 1 unspecified atom stereocenters. The Balaban J connectivity index is 1.66. The second kappa shape index (κ2) is 9.75. The molecule has 192 valence electrons. The Hall–Kier alpha value is -4.50. The van der Waals surface area contributed by atoms with Gasteiger partial charge in [0.1, 0.15) is 0 Å². The number of thiazole rings is 1. The molecule has 38 heavy (non-hydrogen) atoms. The Bertz CT molecular complexity index is 1790. The van der Waals surface area contributed by atoms with Gasteiger partial charge in [0, 0.05) is 17.1 Å². The lowest BCUT2D eigenvalue weighted by Gasteiger charge is -2.24. The number of hydrogen-bond acceptors (Lipinski definition) is 6. The number of aromatic nitrogens is 2. The number of methoxy groups -OCH3 is 1. The molecule has 0 radical (unpaired) electrons. The van der Waals surface area contributed by atoms with E-state index in [4.69, 9.17) is 4.74 Å². The minimum absolute atomic E-state index is 0.215. The molecule has 1 aliphatic rings. The number of esters is 1. The number of carboxylic acid groups (broad SMARTS) is 1. The summed E-state index contributed by atoms with van der Waals surface area (Å²) in [6.45, 7) is 5.66. The first-order chi connectivity index (χ1) is 18.2. The molecule has 2 aromatic carbocycles. The fourth-order valence-corrected chi connectivity index (χ4v) is 5.91. The van der Waals surface area contributed by atoms with Gasteiger partial charge in [-0.3, -0.25) is 9.36 Å². The van der Waals surface area contributed by atoms with Crippen molar-refractivity contribution in [3.63, 3.8) is 0 Å². The number of aryl methyl sites for hydroxylation is 1. The topological polar surface area (TPSA) is 103 Å². The Morgan fingerprint density at radius 3 is 2.37 bits per heavy atom. The molecule has 0 saturated carbocycles. The number of ether oxygens (including phenoxy) is 1. The molecule has 5 rings (SSSR count). The van der Waals surface area contributed by atoms with Gasteiger partial charge in [0.25, 0.3) is 5.56 Å². The third-order valence-corrected chi connectivity index (χ3v) is 7.65. The molecule has 1 N–H and O–H groups in total. The molecule has 8 nitrogen and oxygen atoms in total. The summed E-state index contributed by atoms with van der Waals surface area (Å²) in [6.07, 6.45) is 1.84. The highest BCUT2D eigenvalue weighted by Crippen LogP contribution is 2.30. The molecule has 1 atom stereocenters. The second-order valence-corrected chi connectivity index (χ2v) is 10.0. The van der Waals surface area contributed by atoms with Crippen molar-refractivity contribution in [2.24, 2.45) is 4.99 Å². The van der Waals surface area contributed by atoms with E-state index >= 15 is 0 Å². The van der Waals surface area contributed by atoms with Gasteiger partial charge in [-0.2, -0.15) is 0 Å². The van der Waals surface area contributed by atoms with Crippen LogP contribution in [0.4, 0.5) is 0 Å². The van der Waals surface area contributed by atoms with E-state index in [0.717, 1.165) is 28.2 Å². The van der Waals surface area contributed by atoms with Gasteiger partial charge in [0.15, 0.2) is 4.80 Å². The number of carbonyl (C=O) groups is 2. The standard InChI is InChI=1S/C29H25N3O5S/c1-16-14-21(18(3)31(16)22-12-10-20(11-13-22)27(34)35)15-23-26(33)32-25(19-8-6-5-7-9-19)24(28(36)37-4)17(2)30-29(32)38-23/h5-15,25H,1-4H3,(H,34,35). The van der Waals surface area contributed by atoms with Crippen molar-refractivity contribution in [1.82, 2.24) is 9.13 Å². The van der Waals surface area contributed by atoms with Crippen LogP contribution in [0, 0.1) is 13.8 Å². The van der Waals surface area contributed by atoms with Crippen LogP contribution < -0.4 is 14.9 Å². The first-order valence-corrected chi connectivity index (χ1v) is 12.7. The summed E-state index contributed by atoms with van der Waals surface area (Å²) in [5.41, 5.74) is 5.14. The quantitative estimate of drug-likeness (QED) is 0.400. The predicted octanol–water partition coefficient (Wildman–Crippen LogP) is 3.51. The number of carboxylic acids is 1. The van der Waals surface area contributed by atoms with Crippen LogP contribution in [0.25, 0.3) is 11.8 Å². The molecule has 0 amide bonds. The van der Waals surface area contributed by atoms with Crippen LogP contribution in [0.3, 0.4) is 0 Å². The highest BCUT2D eigenvalue weighted by atomic mass is 32.1. The third kappa shape index (κ3) is 4.20. The third-order valence-electron chi connectivity index (χ3n) is 6.67. The van der Waals surface area contributed by atoms with Crippen molar-refractivity contribution in [3.8, 4) is 5.69 Å². The maximum absolute atomic E-state index is 13.8. The fourth-order valence-electron chi connectivity index (χ4n) is 4.87. The Kier molecular flexibility index (Phi) is 6.46. The Morgan fingerprint density at radius 2 is 1.74 bits per heavy atom. The van der Waals surface area contributed by atoms with Gasteiger partial charge in [0.2, 0.25) is 0 Å². The highest BCUT2D eigenvalue weighted by molar-refractivity contribution is 7.07. The van der Waals surface area contributed by atoms with Crippen LogP contribution in [0.2, 0.25) is 0 Å². The molecule has 4 aromatic rings. The van der Waals surface area contributed by atoms with E-state index in [2.05, 4.69) is 4.99 Å². The van der Waals surface area contributed by atoms with Crippen LogP contribution in [0.5, 0.6) is 0 Å². The lowest BCUT2D eigenvalue weighted by atomic mass is 9.96. The van der Waals surface area contributed by atoms with E-state index in [1.54, 1.807) is 35.8 Å². The first-order valence-electron chi connectivity index (χ1n) is 11.9. The zero-order chi connectivity index (χ0) is 27.1. The Labute approximate surface area is 222 Å². The number of benzene rings is 2. The van der Waals surface area contributed by atoms with Crippen molar-refractivity contribution in [1.29, 1.82) is 0 Å². The van der Waals surface area contributed by atoms with Gasteiger partial charge in [0.05, 0.1) is 34.5 Å². The molecule has 1 aliphatic heterocycles. The first kappa shape index (κ1) is 25.2. The van der Waals surface area contributed by atoms with Gasteiger partial charge in [-0.25, -0.2) is 14.6 Å². The smallest absolute Gasteiger partial charge is 0.338 e. The molecular weight excluding hydrogens is 502 g/mol. The minimum atomic E-state index is -0.979. The lowest BCUT2D eigenvalue weighted by molar-refractivity contribution is -0.136. The summed E-state index contributed by atoms with van der Waals surface area (Å²) in [6, 6.07) is 17.4. The normalized spacial score (nSPS) is 15.3. The molecule has 0 saturated heterocycles. The zero-order valence-corrected chi connectivity index (χ0v) is 22.1. The van der Waals surface area contributed by atoms with Crippen molar-refractivity contribution in [3.05, 3.63) is 120 Å². The largest absolute Gasteiger partial charge is 0.478 e. The number of aromatic carboxylic acids is 1. The van der Waals surface area contributed by atoms with Gasteiger partial charge < -0.3 is 14.4 Å². The molecule has 0 fully saturated rings. The monoisotopic (exact) mass is 527 g/mol. The summed E-state index contributed by atoms with van der Waals surface area (Å²) in [5.74, 6) is -1.50. The molecule has 0 aliphatic carbocycles. The summed E-state index contributed by atoms with van der Waals surface area (Å²) >= 11 is 1.27. The number of rotatable bonds is 5. The van der Waals surface area contributed by atoms with E-state index in [-0.39, 0.29) is 11.1 Å². The van der Waals surface area contributed by atoms with Crippen molar-refractivity contribution < 1.29 is 19.4 Å². The molecule has 0 bridgehead atoms. The second-order valence-electron chi connectivity index (χ2n) is 9.00. The average molecular weight is 528 g/mol. The van der Waals surface area contributed by atoms with Crippen molar-refractivity contribution >= 4 is 29.4 Å². The van der Waals surface area contributed by atoms with Gasteiger partial charge in [-0.05, 0) is 68.3 Å². The van der Waals surface area contributed by atoms with Crippen LogP contribution in [-0.2, 0) is 9.53 Å². The van der Waals surface area contributed by atoms with Gasteiger partial charge >= 0.3 is 11.9 Å².